The van der Waals surface area contributed by atoms with Crippen molar-refractivity contribution in [2.24, 2.45) is 5.10 Å². The zero-order chi connectivity index (χ0) is 20.5. The minimum Gasteiger partial charge on any atom is -0.496 e. The van der Waals surface area contributed by atoms with Crippen LogP contribution in [0.1, 0.15) is 23.6 Å². The van der Waals surface area contributed by atoms with Gasteiger partial charge in [0.05, 0.1) is 37.1 Å². The average Bonchev–Trinajstić information content (AvgIpc) is 3.06. The van der Waals surface area contributed by atoms with Gasteiger partial charge in [-0.3, -0.25) is 4.72 Å². The highest BCUT2D eigenvalue weighted by Gasteiger charge is 2.36. The first-order valence-electron chi connectivity index (χ1n) is 8.37. The molecule has 1 aliphatic rings. The normalized spacial score (nSPS) is 17.3. The van der Waals surface area contributed by atoms with E-state index in [1.807, 2.05) is 0 Å². The van der Waals surface area contributed by atoms with Crippen LogP contribution in [0.5, 0.6) is 5.75 Å². The second-order valence-corrected chi connectivity index (χ2v) is 10.1. The maximum absolute atomic E-state index is 12.4. The molecule has 150 valence electrons. The molecule has 3 rings (SSSR count). The number of anilines is 1. The van der Waals surface area contributed by atoms with Gasteiger partial charge < -0.3 is 4.74 Å². The molecule has 0 amide bonds. The van der Waals surface area contributed by atoms with E-state index in [0.29, 0.717) is 28.3 Å². The standard InChI is InChI=1S/C18H21N3O5S2/c1-26-18-11-7-5-9-14(18)17-12-16(19-21(17)28(3,24)25)13-8-4-6-10-15(13)20-27(2,22)23/h4-11,17,20H,12H2,1-3H3. The van der Waals surface area contributed by atoms with Crippen molar-refractivity contribution < 1.29 is 21.6 Å². The molecule has 1 heterocycles. The molecule has 1 aliphatic heterocycles. The van der Waals surface area contributed by atoms with Crippen molar-refractivity contribution in [1.82, 2.24) is 4.41 Å². The van der Waals surface area contributed by atoms with Crippen LogP contribution in [0.2, 0.25) is 0 Å². The molecule has 1 atom stereocenters. The number of nitrogens with one attached hydrogen (secondary N) is 1. The summed E-state index contributed by atoms with van der Waals surface area (Å²) in [6.07, 6.45) is 2.42. The van der Waals surface area contributed by atoms with Gasteiger partial charge in [0.2, 0.25) is 20.0 Å². The van der Waals surface area contributed by atoms with Gasteiger partial charge in [-0.25, -0.2) is 16.8 Å². The van der Waals surface area contributed by atoms with Gasteiger partial charge in [0, 0.05) is 17.5 Å². The fourth-order valence-corrected chi connectivity index (χ4v) is 4.63. The number of sulfonamides is 2. The predicted molar refractivity (Wildman–Crippen MR) is 108 cm³/mol. The molecule has 0 aliphatic carbocycles. The highest BCUT2D eigenvalue weighted by molar-refractivity contribution is 7.92. The van der Waals surface area contributed by atoms with Crippen LogP contribution < -0.4 is 9.46 Å². The number of hydrogen-bond acceptors (Lipinski definition) is 6. The molecular weight excluding hydrogens is 402 g/mol. The molecule has 0 fully saturated rings. The molecule has 8 nitrogen and oxygen atoms in total. The molecule has 0 saturated heterocycles. The minimum atomic E-state index is -3.66. The number of methoxy groups -OCH3 is 1. The molecule has 2 aromatic rings. The third kappa shape index (κ3) is 4.28. The van der Waals surface area contributed by atoms with Crippen molar-refractivity contribution in [2.75, 3.05) is 24.3 Å². The number of para-hydroxylation sites is 2. The number of ether oxygens (including phenoxy) is 1. The van der Waals surface area contributed by atoms with Crippen molar-refractivity contribution in [3.05, 3.63) is 59.7 Å². The van der Waals surface area contributed by atoms with Crippen LogP contribution in [-0.2, 0) is 20.0 Å². The van der Waals surface area contributed by atoms with Gasteiger partial charge in [0.15, 0.2) is 0 Å². The van der Waals surface area contributed by atoms with Gasteiger partial charge in [-0.1, -0.05) is 36.4 Å². The summed E-state index contributed by atoms with van der Waals surface area (Å²) >= 11 is 0. The van der Waals surface area contributed by atoms with Gasteiger partial charge in [0.1, 0.15) is 5.75 Å². The Bertz CT molecular complexity index is 1130. The van der Waals surface area contributed by atoms with Crippen LogP contribution in [0, 0.1) is 0 Å². The lowest BCUT2D eigenvalue weighted by Gasteiger charge is -2.23. The Balaban J connectivity index is 2.08. The molecule has 10 heteroatoms. The van der Waals surface area contributed by atoms with Gasteiger partial charge in [-0.15, -0.1) is 0 Å². The van der Waals surface area contributed by atoms with Crippen LogP contribution in [0.4, 0.5) is 5.69 Å². The second-order valence-electron chi connectivity index (χ2n) is 6.46. The molecule has 1 N–H and O–H groups in total. The molecule has 28 heavy (non-hydrogen) atoms. The van der Waals surface area contributed by atoms with Crippen molar-refractivity contribution in [1.29, 1.82) is 0 Å². The molecule has 0 aromatic heterocycles. The number of benzene rings is 2. The Morgan fingerprint density at radius 3 is 2.32 bits per heavy atom. The van der Waals surface area contributed by atoms with Crippen molar-refractivity contribution in [3.63, 3.8) is 0 Å². The Labute approximate surface area is 164 Å². The molecule has 1 unspecified atom stereocenters. The number of hydrogen-bond donors (Lipinski definition) is 1. The lowest BCUT2D eigenvalue weighted by atomic mass is 9.97. The molecule has 0 saturated carbocycles. The van der Waals surface area contributed by atoms with Crippen molar-refractivity contribution >= 4 is 31.4 Å². The Kier molecular flexibility index (Phi) is 5.35. The number of nitrogens with zero attached hydrogens (tertiary/aromatic N) is 2. The summed E-state index contributed by atoms with van der Waals surface area (Å²) in [5.74, 6) is 0.556. The quantitative estimate of drug-likeness (QED) is 0.767. The first-order chi connectivity index (χ1) is 13.1. The predicted octanol–water partition coefficient (Wildman–Crippen LogP) is 2.18. The first-order valence-corrected chi connectivity index (χ1v) is 12.1. The van der Waals surface area contributed by atoms with E-state index in [2.05, 4.69) is 9.82 Å². The molecule has 0 spiro atoms. The van der Waals surface area contributed by atoms with Crippen molar-refractivity contribution in [3.8, 4) is 5.75 Å². The van der Waals surface area contributed by atoms with Crippen LogP contribution in [-0.4, -0.2) is 46.6 Å². The maximum Gasteiger partial charge on any atom is 0.247 e. The highest BCUT2D eigenvalue weighted by Crippen LogP contribution is 2.39. The third-order valence-electron chi connectivity index (χ3n) is 4.24. The van der Waals surface area contributed by atoms with Crippen molar-refractivity contribution in [2.45, 2.75) is 12.5 Å². The molecule has 0 bridgehead atoms. The lowest BCUT2D eigenvalue weighted by molar-refractivity contribution is 0.352. The molecule has 0 radical (unpaired) electrons. The fourth-order valence-electron chi connectivity index (χ4n) is 3.15. The van der Waals surface area contributed by atoms with E-state index in [9.17, 15) is 16.8 Å². The summed E-state index contributed by atoms with van der Waals surface area (Å²) in [7, 11) is -5.65. The molecule has 2 aromatic carbocycles. The number of hydrazone groups is 1. The van der Waals surface area contributed by atoms with Crippen LogP contribution in [0.25, 0.3) is 0 Å². The average molecular weight is 424 g/mol. The Morgan fingerprint density at radius 1 is 1.04 bits per heavy atom. The lowest BCUT2D eigenvalue weighted by Crippen LogP contribution is -2.26. The van der Waals surface area contributed by atoms with E-state index < -0.39 is 26.1 Å². The highest BCUT2D eigenvalue weighted by atomic mass is 32.2. The maximum atomic E-state index is 12.4. The fraction of sp³-hybridized carbons (Fsp3) is 0.278. The van der Waals surface area contributed by atoms with E-state index >= 15 is 0 Å². The van der Waals surface area contributed by atoms with Crippen LogP contribution in [0.15, 0.2) is 53.6 Å². The zero-order valence-corrected chi connectivity index (χ0v) is 17.3. The van der Waals surface area contributed by atoms with Gasteiger partial charge in [0.25, 0.3) is 0 Å². The first kappa shape index (κ1) is 20.2. The van der Waals surface area contributed by atoms with Gasteiger partial charge in [-0.2, -0.15) is 9.52 Å². The molecular formula is C18H21N3O5S2. The smallest absolute Gasteiger partial charge is 0.247 e. The van der Waals surface area contributed by atoms with E-state index in [1.165, 1.54) is 7.11 Å². The monoisotopic (exact) mass is 423 g/mol. The largest absolute Gasteiger partial charge is 0.496 e. The van der Waals surface area contributed by atoms with E-state index in [1.54, 1.807) is 48.5 Å². The number of rotatable bonds is 6. The SMILES string of the molecule is COc1ccccc1C1CC(c2ccccc2NS(C)(=O)=O)=NN1S(C)(=O)=O. The van der Waals surface area contributed by atoms with E-state index in [0.717, 1.165) is 16.9 Å². The minimum absolute atomic E-state index is 0.274. The summed E-state index contributed by atoms with van der Waals surface area (Å²) < 4.78 is 57.0. The Hall–Kier alpha value is -2.59. The zero-order valence-electron chi connectivity index (χ0n) is 15.7. The summed E-state index contributed by atoms with van der Waals surface area (Å²) in [6.45, 7) is 0. The van der Waals surface area contributed by atoms with Crippen LogP contribution in [0.3, 0.4) is 0 Å². The van der Waals surface area contributed by atoms with Gasteiger partial charge >= 0.3 is 0 Å². The summed E-state index contributed by atoms with van der Waals surface area (Å²) in [5, 5.41) is 4.33. The Morgan fingerprint density at radius 2 is 1.68 bits per heavy atom. The van der Waals surface area contributed by atoms with E-state index in [4.69, 9.17) is 4.74 Å². The van der Waals surface area contributed by atoms with E-state index in [-0.39, 0.29) is 6.42 Å². The summed E-state index contributed by atoms with van der Waals surface area (Å²) in [4.78, 5) is 0. The third-order valence-corrected chi connectivity index (χ3v) is 5.85. The van der Waals surface area contributed by atoms with Gasteiger partial charge in [-0.05, 0) is 12.1 Å². The van der Waals surface area contributed by atoms with Crippen LogP contribution >= 0.6 is 0 Å². The second kappa shape index (κ2) is 7.44. The summed E-state index contributed by atoms with van der Waals surface area (Å²) in [6, 6.07) is 13.3. The summed E-state index contributed by atoms with van der Waals surface area (Å²) in [5.41, 5.74) is 2.02. The topological polar surface area (TPSA) is 105 Å².